The molecule has 0 radical (unpaired) electrons. The summed E-state index contributed by atoms with van der Waals surface area (Å²) < 4.78 is 5.13. The van der Waals surface area contributed by atoms with Crippen LogP contribution in [0.1, 0.15) is 25.3 Å². The molecule has 108 valence electrons. The van der Waals surface area contributed by atoms with Crippen LogP contribution in [0.3, 0.4) is 0 Å². The van der Waals surface area contributed by atoms with Crippen LogP contribution in [0, 0.1) is 0 Å². The van der Waals surface area contributed by atoms with E-state index in [1.54, 1.807) is 24.2 Å². The lowest BCUT2D eigenvalue weighted by atomic mass is 9.89. The Labute approximate surface area is 119 Å². The summed E-state index contributed by atoms with van der Waals surface area (Å²) in [6.07, 6.45) is 4.98. The van der Waals surface area contributed by atoms with Crippen LogP contribution >= 0.6 is 0 Å². The fourth-order valence-corrected chi connectivity index (χ4v) is 2.46. The molecule has 1 aliphatic heterocycles. The Hall–Kier alpha value is -1.81. The molecule has 1 aromatic carbocycles. The van der Waals surface area contributed by atoms with Gasteiger partial charge in [-0.15, -0.1) is 0 Å². The molecule has 4 nitrogen and oxygen atoms in total. The summed E-state index contributed by atoms with van der Waals surface area (Å²) >= 11 is 0. The quantitative estimate of drug-likeness (QED) is 0.837. The number of nitrogens with zero attached hydrogens (tertiary/aromatic N) is 1. The monoisotopic (exact) mass is 275 g/mol. The molecular weight excluding hydrogens is 254 g/mol. The highest BCUT2D eigenvalue weighted by atomic mass is 16.5. The Morgan fingerprint density at radius 3 is 2.90 bits per heavy atom. The summed E-state index contributed by atoms with van der Waals surface area (Å²) in [5.41, 5.74) is 0.246. The van der Waals surface area contributed by atoms with E-state index in [1.807, 2.05) is 31.2 Å². The first-order valence-corrected chi connectivity index (χ1v) is 6.90. The molecule has 1 saturated heterocycles. The molecule has 2 rings (SSSR count). The minimum atomic E-state index is -0.672. The van der Waals surface area contributed by atoms with Gasteiger partial charge in [0.05, 0.1) is 25.8 Å². The molecule has 1 N–H and O–H groups in total. The van der Waals surface area contributed by atoms with Crippen molar-refractivity contribution in [1.29, 1.82) is 0 Å². The lowest BCUT2D eigenvalue weighted by Gasteiger charge is -2.46. The molecule has 0 aromatic heterocycles. The van der Waals surface area contributed by atoms with Crippen molar-refractivity contribution in [3.63, 3.8) is 0 Å². The highest BCUT2D eigenvalue weighted by Gasteiger charge is 2.41. The second-order valence-corrected chi connectivity index (χ2v) is 5.28. The first-order valence-electron chi connectivity index (χ1n) is 6.90. The average molecular weight is 275 g/mol. The number of hydrogen-bond donors (Lipinski definition) is 1. The number of carbonyl (C=O) groups excluding carboxylic acids is 1. The van der Waals surface area contributed by atoms with E-state index < -0.39 is 5.60 Å². The lowest BCUT2D eigenvalue weighted by molar-refractivity contribution is -0.151. The van der Waals surface area contributed by atoms with E-state index in [4.69, 9.17) is 4.74 Å². The summed E-state index contributed by atoms with van der Waals surface area (Å²) in [5, 5.41) is 10.0. The lowest BCUT2D eigenvalue weighted by Crippen LogP contribution is -2.63. The zero-order valence-electron chi connectivity index (χ0n) is 12.0. The van der Waals surface area contributed by atoms with Crippen molar-refractivity contribution in [3.8, 4) is 5.75 Å². The Morgan fingerprint density at radius 1 is 1.50 bits per heavy atom. The fraction of sp³-hybridized carbons (Fsp3) is 0.438. The third-order valence-corrected chi connectivity index (χ3v) is 3.51. The first kappa shape index (κ1) is 14.6. The normalized spacial score (nSPS) is 17.1. The van der Waals surface area contributed by atoms with Crippen molar-refractivity contribution in [2.75, 3.05) is 20.2 Å². The third-order valence-electron chi connectivity index (χ3n) is 3.51. The van der Waals surface area contributed by atoms with Gasteiger partial charge in [0.15, 0.2) is 0 Å². The number of likely N-dealkylation sites (tertiary alicyclic amines) is 1. The van der Waals surface area contributed by atoms with Gasteiger partial charge in [-0.3, -0.25) is 4.79 Å². The minimum Gasteiger partial charge on any atom is -0.497 e. The first-order chi connectivity index (χ1) is 9.56. The average Bonchev–Trinajstić information content (AvgIpc) is 2.42. The van der Waals surface area contributed by atoms with Gasteiger partial charge in [-0.2, -0.15) is 0 Å². The zero-order chi connectivity index (χ0) is 14.6. The number of benzene rings is 1. The zero-order valence-corrected chi connectivity index (χ0v) is 12.0. The summed E-state index contributed by atoms with van der Waals surface area (Å²) in [6.45, 7) is 2.90. The van der Waals surface area contributed by atoms with E-state index in [1.165, 1.54) is 0 Å². The van der Waals surface area contributed by atoms with Gasteiger partial charge in [0, 0.05) is 6.08 Å². The Bertz CT molecular complexity index is 504. The van der Waals surface area contributed by atoms with Gasteiger partial charge < -0.3 is 14.7 Å². The maximum absolute atomic E-state index is 11.9. The Kier molecular flexibility index (Phi) is 4.45. The number of hydrogen-bond acceptors (Lipinski definition) is 3. The number of rotatable bonds is 5. The van der Waals surface area contributed by atoms with E-state index in [2.05, 4.69) is 0 Å². The number of carbonyl (C=O) groups is 1. The van der Waals surface area contributed by atoms with E-state index in [9.17, 15) is 9.90 Å². The number of methoxy groups -OCH3 is 1. The number of amides is 1. The Balaban J connectivity index is 1.90. The highest BCUT2D eigenvalue weighted by molar-refractivity contribution is 5.92. The minimum absolute atomic E-state index is 0.0615. The van der Waals surface area contributed by atoms with Crippen molar-refractivity contribution < 1.29 is 14.6 Å². The predicted molar refractivity (Wildman–Crippen MR) is 78.5 cm³/mol. The van der Waals surface area contributed by atoms with Crippen molar-refractivity contribution in [2.24, 2.45) is 0 Å². The summed E-state index contributed by atoms with van der Waals surface area (Å²) in [6, 6.07) is 7.52. The van der Waals surface area contributed by atoms with Gasteiger partial charge in [-0.1, -0.05) is 25.5 Å². The van der Waals surface area contributed by atoms with Gasteiger partial charge in [-0.25, -0.2) is 0 Å². The second kappa shape index (κ2) is 6.09. The summed E-state index contributed by atoms with van der Waals surface area (Å²) in [4.78, 5) is 13.6. The molecule has 0 bridgehead atoms. The molecule has 0 atom stereocenters. The van der Waals surface area contributed by atoms with Crippen LogP contribution in [0.4, 0.5) is 0 Å². The Morgan fingerprint density at radius 2 is 2.25 bits per heavy atom. The molecule has 0 unspecified atom stereocenters. The summed E-state index contributed by atoms with van der Waals surface area (Å²) in [5.74, 6) is 0.703. The number of β-amino-alcohol motifs (C(OH)–C–C–N with tert-alkyl or cyclic N) is 1. The molecule has 0 saturated carbocycles. The molecule has 1 amide bonds. The standard InChI is InChI=1S/C16H21NO3/c1-3-9-16(19)11-17(12-16)15(18)8-7-13-5-4-6-14(10-13)20-2/h4-8,10,19H,3,9,11-12H2,1-2H3. The SMILES string of the molecule is CCCC1(O)CN(C(=O)C=Cc2cccc(OC)c2)C1. The van der Waals surface area contributed by atoms with Crippen LogP contribution in [0.5, 0.6) is 5.75 Å². The molecule has 1 heterocycles. The van der Waals surface area contributed by atoms with Crippen molar-refractivity contribution in [2.45, 2.75) is 25.4 Å². The van der Waals surface area contributed by atoms with Gasteiger partial charge in [0.2, 0.25) is 5.91 Å². The van der Waals surface area contributed by atoms with Crippen LogP contribution in [-0.2, 0) is 4.79 Å². The molecule has 0 aliphatic carbocycles. The van der Waals surface area contributed by atoms with Gasteiger partial charge in [0.1, 0.15) is 5.75 Å². The van der Waals surface area contributed by atoms with E-state index in [0.717, 1.165) is 24.2 Å². The molecule has 1 aromatic rings. The molecular formula is C16H21NO3. The highest BCUT2D eigenvalue weighted by Crippen LogP contribution is 2.26. The van der Waals surface area contributed by atoms with Gasteiger partial charge in [-0.05, 0) is 30.2 Å². The molecule has 1 aliphatic rings. The van der Waals surface area contributed by atoms with Crippen molar-refractivity contribution in [3.05, 3.63) is 35.9 Å². The molecule has 1 fully saturated rings. The fourth-order valence-electron chi connectivity index (χ4n) is 2.46. The van der Waals surface area contributed by atoms with Crippen LogP contribution in [-0.4, -0.2) is 41.7 Å². The molecule has 20 heavy (non-hydrogen) atoms. The van der Waals surface area contributed by atoms with Crippen LogP contribution in [0.2, 0.25) is 0 Å². The largest absolute Gasteiger partial charge is 0.497 e. The summed E-state index contributed by atoms with van der Waals surface area (Å²) in [7, 11) is 1.61. The van der Waals surface area contributed by atoms with E-state index in [0.29, 0.717) is 13.1 Å². The van der Waals surface area contributed by atoms with Crippen LogP contribution in [0.15, 0.2) is 30.3 Å². The van der Waals surface area contributed by atoms with E-state index >= 15 is 0 Å². The van der Waals surface area contributed by atoms with Crippen LogP contribution in [0.25, 0.3) is 6.08 Å². The smallest absolute Gasteiger partial charge is 0.246 e. The number of ether oxygens (including phenoxy) is 1. The molecule has 0 spiro atoms. The van der Waals surface area contributed by atoms with Crippen LogP contribution < -0.4 is 4.74 Å². The van der Waals surface area contributed by atoms with E-state index in [-0.39, 0.29) is 5.91 Å². The third kappa shape index (κ3) is 3.39. The topological polar surface area (TPSA) is 49.8 Å². The van der Waals surface area contributed by atoms with Gasteiger partial charge >= 0.3 is 0 Å². The maximum atomic E-state index is 11.9. The van der Waals surface area contributed by atoms with Gasteiger partial charge in [0.25, 0.3) is 0 Å². The second-order valence-electron chi connectivity index (χ2n) is 5.28. The van der Waals surface area contributed by atoms with Crippen molar-refractivity contribution >= 4 is 12.0 Å². The van der Waals surface area contributed by atoms with Crippen molar-refractivity contribution in [1.82, 2.24) is 4.90 Å². The maximum Gasteiger partial charge on any atom is 0.246 e. The predicted octanol–water partition coefficient (Wildman–Crippen LogP) is 2.08. The molecule has 4 heteroatoms. The number of aliphatic hydroxyl groups is 1.